The molecule has 0 aliphatic heterocycles. The third-order valence-corrected chi connectivity index (χ3v) is 6.08. The molecule has 0 fully saturated rings. The SMILES string of the molecule is CCC(C)(C)NC(=O)C(C)S(=O)(=O)c1ccc(Br)cc1N. The monoisotopic (exact) mass is 376 g/mol. The van der Waals surface area contributed by atoms with Gasteiger partial charge in [0.1, 0.15) is 5.25 Å². The zero-order valence-corrected chi connectivity index (χ0v) is 15.0. The summed E-state index contributed by atoms with van der Waals surface area (Å²) < 4.78 is 25.7. The molecule has 0 spiro atoms. The molecule has 1 aromatic carbocycles. The number of nitrogens with one attached hydrogen (secondary N) is 1. The van der Waals surface area contributed by atoms with Crippen molar-refractivity contribution >= 4 is 37.4 Å². The first-order valence-electron chi connectivity index (χ1n) is 6.62. The Labute approximate surface area is 134 Å². The van der Waals surface area contributed by atoms with Crippen LogP contribution in [0.25, 0.3) is 0 Å². The molecule has 3 N–H and O–H groups in total. The van der Waals surface area contributed by atoms with Crippen LogP contribution in [0.5, 0.6) is 0 Å². The Morgan fingerprint density at radius 1 is 1.43 bits per heavy atom. The molecule has 0 bridgehead atoms. The number of nitrogens with two attached hydrogens (primary N) is 1. The number of amides is 1. The summed E-state index contributed by atoms with van der Waals surface area (Å²) in [5.74, 6) is -0.524. The van der Waals surface area contributed by atoms with Crippen LogP contribution in [0.15, 0.2) is 27.6 Å². The van der Waals surface area contributed by atoms with Gasteiger partial charge in [0.15, 0.2) is 9.84 Å². The fraction of sp³-hybridized carbons (Fsp3) is 0.500. The summed E-state index contributed by atoms with van der Waals surface area (Å²) in [5.41, 5.74) is 5.43. The number of benzene rings is 1. The zero-order valence-electron chi connectivity index (χ0n) is 12.6. The number of carbonyl (C=O) groups excluding carboxylic acids is 1. The van der Waals surface area contributed by atoms with Gasteiger partial charge < -0.3 is 11.1 Å². The van der Waals surface area contributed by atoms with Crippen molar-refractivity contribution in [3.05, 3.63) is 22.7 Å². The molecule has 0 saturated carbocycles. The van der Waals surface area contributed by atoms with E-state index in [2.05, 4.69) is 21.2 Å². The van der Waals surface area contributed by atoms with E-state index in [9.17, 15) is 13.2 Å². The van der Waals surface area contributed by atoms with E-state index in [1.807, 2.05) is 20.8 Å². The lowest BCUT2D eigenvalue weighted by molar-refractivity contribution is -0.122. The van der Waals surface area contributed by atoms with E-state index in [0.29, 0.717) is 10.9 Å². The molecule has 1 rings (SSSR count). The average Bonchev–Trinajstić information content (AvgIpc) is 2.36. The Hall–Kier alpha value is -1.08. The van der Waals surface area contributed by atoms with E-state index in [0.717, 1.165) is 0 Å². The van der Waals surface area contributed by atoms with Crippen LogP contribution in [0, 0.1) is 0 Å². The third kappa shape index (κ3) is 4.20. The summed E-state index contributed by atoms with van der Waals surface area (Å²) in [6.07, 6.45) is 0.700. The standard InChI is InChI=1S/C14H21BrN2O3S/c1-5-14(3,4)17-13(18)9(2)21(19,20)12-7-6-10(15)8-11(12)16/h6-9H,5,16H2,1-4H3,(H,17,18). The molecule has 0 radical (unpaired) electrons. The number of nitrogen functional groups attached to an aromatic ring is 1. The highest BCUT2D eigenvalue weighted by Crippen LogP contribution is 2.26. The third-order valence-electron chi connectivity index (χ3n) is 3.46. The number of anilines is 1. The Balaban J connectivity index is 3.10. The Morgan fingerprint density at radius 3 is 2.48 bits per heavy atom. The molecular formula is C14H21BrN2O3S. The molecule has 1 aromatic rings. The fourth-order valence-corrected chi connectivity index (χ4v) is 3.38. The maximum atomic E-state index is 12.5. The van der Waals surface area contributed by atoms with E-state index < -0.39 is 26.5 Å². The lowest BCUT2D eigenvalue weighted by Crippen LogP contribution is -2.48. The molecule has 0 aliphatic rings. The summed E-state index contributed by atoms with van der Waals surface area (Å²) in [4.78, 5) is 12.2. The molecule has 0 saturated heterocycles. The summed E-state index contributed by atoms with van der Waals surface area (Å²) in [6, 6.07) is 4.50. The minimum Gasteiger partial charge on any atom is -0.398 e. The van der Waals surface area contributed by atoms with Gasteiger partial charge in [0.25, 0.3) is 0 Å². The van der Waals surface area contributed by atoms with Gasteiger partial charge in [-0.2, -0.15) is 0 Å². The first-order chi connectivity index (χ1) is 9.51. The minimum atomic E-state index is -3.82. The molecule has 5 nitrogen and oxygen atoms in total. The molecule has 0 aliphatic carbocycles. The van der Waals surface area contributed by atoms with Gasteiger partial charge in [-0.15, -0.1) is 0 Å². The van der Waals surface area contributed by atoms with E-state index in [4.69, 9.17) is 5.73 Å². The molecule has 21 heavy (non-hydrogen) atoms. The second-order valence-corrected chi connectivity index (χ2v) is 8.75. The Morgan fingerprint density at radius 2 is 2.00 bits per heavy atom. The van der Waals surface area contributed by atoms with Crippen molar-refractivity contribution in [1.82, 2.24) is 5.32 Å². The number of sulfone groups is 1. The summed E-state index contributed by atoms with van der Waals surface area (Å²) in [6.45, 7) is 6.99. The van der Waals surface area contributed by atoms with Gasteiger partial charge in [0.2, 0.25) is 5.91 Å². The van der Waals surface area contributed by atoms with Crippen molar-refractivity contribution in [3.8, 4) is 0 Å². The molecule has 1 amide bonds. The Bertz CT molecular complexity index is 642. The summed E-state index contributed by atoms with van der Waals surface area (Å²) in [5, 5.41) is 1.54. The van der Waals surface area contributed by atoms with Crippen LogP contribution in [-0.2, 0) is 14.6 Å². The van der Waals surface area contributed by atoms with Crippen LogP contribution in [0.2, 0.25) is 0 Å². The maximum Gasteiger partial charge on any atom is 0.238 e. The predicted octanol–water partition coefficient (Wildman–Crippen LogP) is 2.50. The molecule has 7 heteroatoms. The lowest BCUT2D eigenvalue weighted by Gasteiger charge is -2.26. The van der Waals surface area contributed by atoms with Crippen molar-refractivity contribution in [2.45, 2.75) is 49.8 Å². The van der Waals surface area contributed by atoms with Gasteiger partial charge in [-0.05, 0) is 45.4 Å². The zero-order chi connectivity index (χ0) is 16.4. The number of rotatable bonds is 5. The highest BCUT2D eigenvalue weighted by atomic mass is 79.9. The minimum absolute atomic E-state index is 0.0253. The molecule has 1 unspecified atom stereocenters. The van der Waals surface area contributed by atoms with Gasteiger partial charge in [0.05, 0.1) is 10.6 Å². The number of hydrogen-bond donors (Lipinski definition) is 2. The number of carbonyl (C=O) groups is 1. The van der Waals surface area contributed by atoms with Gasteiger partial charge in [-0.3, -0.25) is 4.79 Å². The van der Waals surface area contributed by atoms with Gasteiger partial charge >= 0.3 is 0 Å². The van der Waals surface area contributed by atoms with E-state index in [1.165, 1.54) is 19.1 Å². The molecule has 0 heterocycles. The van der Waals surface area contributed by atoms with Crippen molar-refractivity contribution < 1.29 is 13.2 Å². The number of halogens is 1. The Kier molecular flexibility index (Phi) is 5.44. The smallest absolute Gasteiger partial charge is 0.238 e. The predicted molar refractivity (Wildman–Crippen MR) is 87.7 cm³/mol. The van der Waals surface area contributed by atoms with Crippen LogP contribution < -0.4 is 11.1 Å². The van der Waals surface area contributed by atoms with Gasteiger partial charge in [-0.1, -0.05) is 22.9 Å². The largest absolute Gasteiger partial charge is 0.398 e. The van der Waals surface area contributed by atoms with Crippen LogP contribution in [0.1, 0.15) is 34.1 Å². The second-order valence-electron chi connectivity index (χ2n) is 5.60. The normalized spacial score (nSPS) is 13.8. The molecular weight excluding hydrogens is 356 g/mol. The van der Waals surface area contributed by atoms with E-state index in [1.54, 1.807) is 6.07 Å². The molecule has 0 aromatic heterocycles. The van der Waals surface area contributed by atoms with E-state index >= 15 is 0 Å². The first kappa shape index (κ1) is 18.0. The fourth-order valence-electron chi connectivity index (χ4n) is 1.63. The highest BCUT2D eigenvalue weighted by molar-refractivity contribution is 9.10. The highest BCUT2D eigenvalue weighted by Gasteiger charge is 2.33. The molecule has 118 valence electrons. The van der Waals surface area contributed by atoms with E-state index in [-0.39, 0.29) is 10.6 Å². The van der Waals surface area contributed by atoms with Gasteiger partial charge in [0, 0.05) is 10.0 Å². The quantitative estimate of drug-likeness (QED) is 0.772. The van der Waals surface area contributed by atoms with Crippen LogP contribution in [0.4, 0.5) is 5.69 Å². The lowest BCUT2D eigenvalue weighted by atomic mass is 10.0. The van der Waals surface area contributed by atoms with Gasteiger partial charge in [-0.25, -0.2) is 8.42 Å². The molecule has 1 atom stereocenters. The maximum absolute atomic E-state index is 12.5. The summed E-state index contributed by atoms with van der Waals surface area (Å²) >= 11 is 3.22. The average molecular weight is 377 g/mol. The number of hydrogen-bond acceptors (Lipinski definition) is 4. The topological polar surface area (TPSA) is 89.3 Å². The van der Waals surface area contributed by atoms with Crippen LogP contribution in [0.3, 0.4) is 0 Å². The first-order valence-corrected chi connectivity index (χ1v) is 8.96. The van der Waals surface area contributed by atoms with Crippen molar-refractivity contribution in [1.29, 1.82) is 0 Å². The second kappa shape index (κ2) is 6.36. The van der Waals surface area contributed by atoms with Crippen LogP contribution >= 0.6 is 15.9 Å². The van der Waals surface area contributed by atoms with Crippen molar-refractivity contribution in [2.75, 3.05) is 5.73 Å². The van der Waals surface area contributed by atoms with Crippen molar-refractivity contribution in [3.63, 3.8) is 0 Å². The summed E-state index contributed by atoms with van der Waals surface area (Å²) in [7, 11) is -3.82. The van der Waals surface area contributed by atoms with Crippen LogP contribution in [-0.4, -0.2) is 25.1 Å². The van der Waals surface area contributed by atoms with Crippen molar-refractivity contribution in [2.24, 2.45) is 0 Å².